The minimum Gasteiger partial charge on any atom is -0.506 e. The van der Waals surface area contributed by atoms with Gasteiger partial charge in [-0.15, -0.1) is 16.5 Å². The maximum atomic E-state index is 10.4. The standard InChI is InChI=1S/C18H13N5OS/c24-17-9-14(18-7-4-8-25-18)15(10-16(17)23-12-19-11-20-23)22-21-13-5-2-1-3-6-13/h1-12,24H. The van der Waals surface area contributed by atoms with Gasteiger partial charge in [0.2, 0.25) is 0 Å². The summed E-state index contributed by atoms with van der Waals surface area (Å²) in [6, 6.07) is 16.9. The molecule has 0 spiro atoms. The average molecular weight is 347 g/mol. The Labute approximate surface area is 147 Å². The quantitative estimate of drug-likeness (QED) is 0.521. The number of benzene rings is 2. The van der Waals surface area contributed by atoms with Crippen LogP contribution in [0.2, 0.25) is 0 Å². The molecule has 25 heavy (non-hydrogen) atoms. The van der Waals surface area contributed by atoms with Crippen molar-refractivity contribution in [3.05, 3.63) is 72.6 Å². The molecule has 0 atom stereocenters. The summed E-state index contributed by atoms with van der Waals surface area (Å²) in [6.07, 6.45) is 2.94. The van der Waals surface area contributed by atoms with Crippen LogP contribution in [0.4, 0.5) is 11.4 Å². The molecule has 0 unspecified atom stereocenters. The second kappa shape index (κ2) is 6.66. The summed E-state index contributed by atoms with van der Waals surface area (Å²) >= 11 is 1.58. The molecule has 2 aromatic heterocycles. The number of azo groups is 1. The van der Waals surface area contributed by atoms with Crippen molar-refractivity contribution >= 4 is 22.7 Å². The van der Waals surface area contributed by atoms with E-state index in [0.717, 1.165) is 16.1 Å². The van der Waals surface area contributed by atoms with Crippen molar-refractivity contribution in [2.45, 2.75) is 0 Å². The molecule has 0 saturated carbocycles. The van der Waals surface area contributed by atoms with E-state index in [1.807, 2.05) is 47.8 Å². The fourth-order valence-electron chi connectivity index (χ4n) is 2.40. The third-order valence-corrected chi connectivity index (χ3v) is 4.48. The van der Waals surface area contributed by atoms with Gasteiger partial charge < -0.3 is 5.11 Å². The highest BCUT2D eigenvalue weighted by Gasteiger charge is 2.13. The molecule has 0 fully saturated rings. The Kier molecular flexibility index (Phi) is 4.05. The highest BCUT2D eigenvalue weighted by Crippen LogP contribution is 2.39. The van der Waals surface area contributed by atoms with Gasteiger partial charge in [0.1, 0.15) is 24.1 Å². The first-order valence-corrected chi connectivity index (χ1v) is 8.42. The minimum atomic E-state index is 0.104. The lowest BCUT2D eigenvalue weighted by Crippen LogP contribution is -1.95. The smallest absolute Gasteiger partial charge is 0.142 e. The Morgan fingerprint density at radius 2 is 1.88 bits per heavy atom. The maximum Gasteiger partial charge on any atom is 0.142 e. The number of nitrogens with zero attached hydrogens (tertiary/aromatic N) is 5. The normalized spacial score (nSPS) is 11.2. The van der Waals surface area contributed by atoms with E-state index in [1.54, 1.807) is 23.5 Å². The second-order valence-corrected chi connectivity index (χ2v) is 6.16. The van der Waals surface area contributed by atoms with Crippen molar-refractivity contribution < 1.29 is 5.11 Å². The Morgan fingerprint density at radius 1 is 1.00 bits per heavy atom. The zero-order valence-electron chi connectivity index (χ0n) is 13.0. The van der Waals surface area contributed by atoms with Gasteiger partial charge in [0.15, 0.2) is 0 Å². The lowest BCUT2D eigenvalue weighted by molar-refractivity contribution is 0.470. The second-order valence-electron chi connectivity index (χ2n) is 5.21. The lowest BCUT2D eigenvalue weighted by Gasteiger charge is -2.09. The van der Waals surface area contributed by atoms with Crippen LogP contribution in [0.25, 0.3) is 16.1 Å². The molecule has 6 nitrogen and oxygen atoms in total. The van der Waals surface area contributed by atoms with Crippen LogP contribution in [-0.4, -0.2) is 19.9 Å². The first-order valence-electron chi connectivity index (χ1n) is 7.54. The molecule has 2 heterocycles. The lowest BCUT2D eigenvalue weighted by atomic mass is 10.1. The number of hydrogen-bond donors (Lipinski definition) is 1. The molecule has 4 aromatic rings. The van der Waals surface area contributed by atoms with Crippen LogP contribution in [-0.2, 0) is 0 Å². The van der Waals surface area contributed by atoms with E-state index in [2.05, 4.69) is 20.3 Å². The Bertz CT molecular complexity index is 996. The number of rotatable bonds is 4. The zero-order valence-corrected chi connectivity index (χ0v) is 13.8. The third-order valence-electron chi connectivity index (χ3n) is 3.57. The van der Waals surface area contributed by atoms with E-state index in [9.17, 15) is 5.11 Å². The van der Waals surface area contributed by atoms with Gasteiger partial charge in [0, 0.05) is 10.4 Å². The molecule has 0 aliphatic heterocycles. The molecule has 7 heteroatoms. The molecule has 2 aromatic carbocycles. The summed E-state index contributed by atoms with van der Waals surface area (Å²) in [5.74, 6) is 0.104. The van der Waals surface area contributed by atoms with E-state index in [1.165, 1.54) is 17.3 Å². The highest BCUT2D eigenvalue weighted by molar-refractivity contribution is 7.13. The molecule has 0 bridgehead atoms. The van der Waals surface area contributed by atoms with Crippen LogP contribution in [0.5, 0.6) is 5.75 Å². The van der Waals surface area contributed by atoms with Crippen molar-refractivity contribution in [3.8, 4) is 21.9 Å². The number of aromatic nitrogens is 3. The predicted octanol–water partition coefficient (Wildman–Crippen LogP) is 5.12. The average Bonchev–Trinajstić information content (AvgIpc) is 3.35. The van der Waals surface area contributed by atoms with Crippen LogP contribution in [0.15, 0.2) is 82.9 Å². The van der Waals surface area contributed by atoms with Gasteiger partial charge in [-0.05, 0) is 35.7 Å². The molecule has 1 N–H and O–H groups in total. The molecule has 0 aliphatic rings. The number of aromatic hydroxyl groups is 1. The number of hydrogen-bond acceptors (Lipinski definition) is 6. The van der Waals surface area contributed by atoms with E-state index in [4.69, 9.17) is 0 Å². The maximum absolute atomic E-state index is 10.4. The fourth-order valence-corrected chi connectivity index (χ4v) is 3.15. The van der Waals surface area contributed by atoms with Gasteiger partial charge in [0.25, 0.3) is 0 Å². The predicted molar refractivity (Wildman–Crippen MR) is 97.0 cm³/mol. The van der Waals surface area contributed by atoms with Gasteiger partial charge in [0.05, 0.1) is 11.4 Å². The van der Waals surface area contributed by atoms with Gasteiger partial charge in [-0.2, -0.15) is 10.2 Å². The topological polar surface area (TPSA) is 75.7 Å². The van der Waals surface area contributed by atoms with Crippen molar-refractivity contribution in [2.24, 2.45) is 10.2 Å². The van der Waals surface area contributed by atoms with Crippen molar-refractivity contribution in [3.63, 3.8) is 0 Å². The van der Waals surface area contributed by atoms with Crippen molar-refractivity contribution in [2.75, 3.05) is 0 Å². The molecule has 0 amide bonds. The van der Waals surface area contributed by atoms with E-state index >= 15 is 0 Å². The van der Waals surface area contributed by atoms with Crippen molar-refractivity contribution in [1.29, 1.82) is 0 Å². The summed E-state index contributed by atoms with van der Waals surface area (Å²) in [5.41, 5.74) is 2.72. The van der Waals surface area contributed by atoms with E-state index in [-0.39, 0.29) is 5.75 Å². The van der Waals surface area contributed by atoms with Crippen LogP contribution >= 0.6 is 11.3 Å². The molecule has 0 saturated heterocycles. The monoisotopic (exact) mass is 347 g/mol. The van der Waals surface area contributed by atoms with E-state index in [0.29, 0.717) is 11.4 Å². The van der Waals surface area contributed by atoms with Gasteiger partial charge >= 0.3 is 0 Å². The molecule has 4 rings (SSSR count). The van der Waals surface area contributed by atoms with Gasteiger partial charge in [-0.3, -0.25) is 0 Å². The van der Waals surface area contributed by atoms with Crippen LogP contribution in [0.1, 0.15) is 0 Å². The Balaban J connectivity index is 1.84. The molecule has 0 aliphatic carbocycles. The highest BCUT2D eigenvalue weighted by atomic mass is 32.1. The molecular weight excluding hydrogens is 334 g/mol. The van der Waals surface area contributed by atoms with Gasteiger partial charge in [-0.25, -0.2) is 9.67 Å². The number of phenols is 1. The summed E-state index contributed by atoms with van der Waals surface area (Å²) in [6.45, 7) is 0. The molecule has 0 radical (unpaired) electrons. The summed E-state index contributed by atoms with van der Waals surface area (Å²) in [4.78, 5) is 4.93. The largest absolute Gasteiger partial charge is 0.506 e. The fraction of sp³-hybridized carbons (Fsp3) is 0. The van der Waals surface area contributed by atoms with Crippen molar-refractivity contribution in [1.82, 2.24) is 14.8 Å². The zero-order chi connectivity index (χ0) is 17.1. The molecular formula is C18H13N5OS. The van der Waals surface area contributed by atoms with Crippen LogP contribution in [0.3, 0.4) is 0 Å². The Hall–Kier alpha value is -3.32. The molecule has 122 valence electrons. The number of phenolic OH excluding ortho intramolecular Hbond substituents is 1. The SMILES string of the molecule is Oc1cc(-c2cccs2)c(N=Nc2ccccc2)cc1-n1cncn1. The number of thiophene rings is 1. The first kappa shape index (κ1) is 15.2. The van der Waals surface area contributed by atoms with E-state index < -0.39 is 0 Å². The third kappa shape index (κ3) is 3.17. The summed E-state index contributed by atoms with van der Waals surface area (Å²) < 4.78 is 1.50. The summed E-state index contributed by atoms with van der Waals surface area (Å²) in [5, 5.41) is 25.2. The van der Waals surface area contributed by atoms with Crippen LogP contribution < -0.4 is 0 Å². The van der Waals surface area contributed by atoms with Gasteiger partial charge in [-0.1, -0.05) is 24.3 Å². The van der Waals surface area contributed by atoms with Crippen LogP contribution in [0, 0.1) is 0 Å². The Morgan fingerprint density at radius 3 is 2.60 bits per heavy atom. The first-order chi connectivity index (χ1) is 12.3. The minimum absolute atomic E-state index is 0.104. The summed E-state index contributed by atoms with van der Waals surface area (Å²) in [7, 11) is 0.